The van der Waals surface area contributed by atoms with Crippen molar-refractivity contribution in [3.8, 4) is 17.9 Å². The quantitative estimate of drug-likeness (QED) is 0.703. The Balaban J connectivity index is 3.22. The third-order valence-electron chi connectivity index (χ3n) is 1.82. The number of aromatic hydroxyl groups is 1. The number of hydrogen-bond donors (Lipinski definition) is 1. The maximum absolute atomic E-state index is 9.37. The molecule has 0 aromatic heterocycles. The van der Waals surface area contributed by atoms with Gasteiger partial charge in [0.15, 0.2) is 0 Å². The molecule has 64 valence electrons. The monoisotopic (exact) mass is 172 g/mol. The van der Waals surface area contributed by atoms with Crippen LogP contribution in [0.2, 0.25) is 0 Å². The second-order valence-electron chi connectivity index (χ2n) is 2.74. The number of phenolic OH excluding ortho intramolecular Hbond substituents is 1. The highest BCUT2D eigenvalue weighted by atomic mass is 16.3. The molecule has 3 heteroatoms. The molecule has 0 aliphatic carbocycles. The van der Waals surface area contributed by atoms with Gasteiger partial charge in [0.05, 0.1) is 23.6 Å². The van der Waals surface area contributed by atoms with Crippen LogP contribution >= 0.6 is 0 Å². The summed E-state index contributed by atoms with van der Waals surface area (Å²) in [6.45, 7) is 1.68. The Morgan fingerprint density at radius 2 is 2.08 bits per heavy atom. The van der Waals surface area contributed by atoms with Gasteiger partial charge in [0.1, 0.15) is 5.75 Å². The Morgan fingerprint density at radius 3 is 2.62 bits per heavy atom. The largest absolute Gasteiger partial charge is 0.508 e. The van der Waals surface area contributed by atoms with Gasteiger partial charge in [0.25, 0.3) is 0 Å². The van der Waals surface area contributed by atoms with E-state index in [9.17, 15) is 5.11 Å². The molecule has 1 unspecified atom stereocenters. The van der Waals surface area contributed by atoms with Crippen molar-refractivity contribution in [2.24, 2.45) is 0 Å². The van der Waals surface area contributed by atoms with Crippen molar-refractivity contribution in [3.05, 3.63) is 29.3 Å². The van der Waals surface area contributed by atoms with E-state index in [0.717, 1.165) is 0 Å². The fourth-order valence-corrected chi connectivity index (χ4v) is 1.04. The van der Waals surface area contributed by atoms with Crippen molar-refractivity contribution >= 4 is 0 Å². The average Bonchev–Trinajstić information content (AvgIpc) is 2.17. The topological polar surface area (TPSA) is 67.8 Å². The predicted molar refractivity (Wildman–Crippen MR) is 46.8 cm³/mol. The summed E-state index contributed by atoms with van der Waals surface area (Å²) in [4.78, 5) is 0. The van der Waals surface area contributed by atoms with Crippen LogP contribution in [0, 0.1) is 22.7 Å². The molecule has 13 heavy (non-hydrogen) atoms. The first-order chi connectivity index (χ1) is 6.19. The van der Waals surface area contributed by atoms with E-state index in [-0.39, 0.29) is 5.75 Å². The van der Waals surface area contributed by atoms with Gasteiger partial charge in [-0.05, 0) is 25.1 Å². The second-order valence-corrected chi connectivity index (χ2v) is 2.74. The van der Waals surface area contributed by atoms with E-state index in [4.69, 9.17) is 10.5 Å². The van der Waals surface area contributed by atoms with Crippen molar-refractivity contribution in [3.63, 3.8) is 0 Å². The second kappa shape index (κ2) is 3.60. The fraction of sp³-hybridized carbons (Fsp3) is 0.200. The van der Waals surface area contributed by atoms with Crippen molar-refractivity contribution in [2.75, 3.05) is 0 Å². The number of phenols is 1. The predicted octanol–water partition coefficient (Wildman–Crippen LogP) is 1.89. The average molecular weight is 172 g/mol. The van der Waals surface area contributed by atoms with E-state index in [2.05, 4.69) is 0 Å². The maximum Gasteiger partial charge on any atom is 0.120 e. The van der Waals surface area contributed by atoms with E-state index in [1.54, 1.807) is 6.92 Å². The van der Waals surface area contributed by atoms with E-state index in [1.807, 2.05) is 12.1 Å². The van der Waals surface area contributed by atoms with Gasteiger partial charge in [-0.3, -0.25) is 0 Å². The Labute approximate surface area is 76.5 Å². The maximum atomic E-state index is 9.37. The van der Waals surface area contributed by atoms with Crippen molar-refractivity contribution in [1.82, 2.24) is 0 Å². The van der Waals surface area contributed by atoms with Gasteiger partial charge in [-0.15, -0.1) is 0 Å². The van der Waals surface area contributed by atoms with Gasteiger partial charge in [0.2, 0.25) is 0 Å². The molecular formula is C10H8N2O. The lowest BCUT2D eigenvalue weighted by Gasteiger charge is -2.05. The molecule has 0 saturated heterocycles. The van der Waals surface area contributed by atoms with Crippen LogP contribution in [0.15, 0.2) is 18.2 Å². The Morgan fingerprint density at radius 1 is 1.38 bits per heavy atom. The van der Waals surface area contributed by atoms with Crippen LogP contribution in [0.3, 0.4) is 0 Å². The number of nitrogens with zero attached hydrogens (tertiary/aromatic N) is 2. The molecule has 0 amide bonds. The summed E-state index contributed by atoms with van der Waals surface area (Å²) in [5.41, 5.74) is 0.955. The number of nitriles is 2. The van der Waals surface area contributed by atoms with Crippen LogP contribution < -0.4 is 0 Å². The summed E-state index contributed by atoms with van der Waals surface area (Å²) >= 11 is 0. The summed E-state index contributed by atoms with van der Waals surface area (Å²) in [5, 5.41) is 26.6. The molecule has 3 nitrogen and oxygen atoms in total. The highest BCUT2D eigenvalue weighted by Gasteiger charge is 2.09. The van der Waals surface area contributed by atoms with Crippen molar-refractivity contribution in [2.45, 2.75) is 12.8 Å². The van der Waals surface area contributed by atoms with E-state index in [1.165, 1.54) is 18.2 Å². The zero-order chi connectivity index (χ0) is 9.84. The van der Waals surface area contributed by atoms with Gasteiger partial charge in [-0.1, -0.05) is 0 Å². The summed E-state index contributed by atoms with van der Waals surface area (Å²) in [6.07, 6.45) is 0. The lowest BCUT2D eigenvalue weighted by molar-refractivity contribution is 0.467. The zero-order valence-corrected chi connectivity index (χ0v) is 7.15. The minimum atomic E-state index is -0.395. The molecule has 1 N–H and O–H groups in total. The molecule has 1 atom stereocenters. The molecule has 1 aromatic rings. The fourth-order valence-electron chi connectivity index (χ4n) is 1.04. The van der Waals surface area contributed by atoms with Crippen molar-refractivity contribution < 1.29 is 5.11 Å². The SMILES string of the molecule is CC(C#N)c1cc(C#N)ccc1O. The number of rotatable bonds is 1. The summed E-state index contributed by atoms with van der Waals surface area (Å²) in [5.74, 6) is -0.332. The number of hydrogen-bond acceptors (Lipinski definition) is 3. The first kappa shape index (κ1) is 9.09. The lowest BCUT2D eigenvalue weighted by atomic mass is 9.99. The highest BCUT2D eigenvalue weighted by Crippen LogP contribution is 2.25. The standard InChI is InChI=1S/C10H8N2O/c1-7(5-11)9-4-8(6-12)2-3-10(9)13/h2-4,7,13H,1H3. The van der Waals surface area contributed by atoms with E-state index in [0.29, 0.717) is 11.1 Å². The van der Waals surface area contributed by atoms with Crippen LogP contribution in [0.1, 0.15) is 24.0 Å². The van der Waals surface area contributed by atoms with Crippen LogP contribution in [0.25, 0.3) is 0 Å². The lowest BCUT2D eigenvalue weighted by Crippen LogP contribution is -1.91. The van der Waals surface area contributed by atoms with Gasteiger partial charge >= 0.3 is 0 Å². The summed E-state index contributed by atoms with van der Waals surface area (Å²) in [6, 6.07) is 8.44. The van der Waals surface area contributed by atoms with Crippen LogP contribution in [0.5, 0.6) is 5.75 Å². The first-order valence-electron chi connectivity index (χ1n) is 3.81. The van der Waals surface area contributed by atoms with Crippen LogP contribution in [-0.4, -0.2) is 5.11 Å². The molecule has 0 fully saturated rings. The normalized spacial score (nSPS) is 11.3. The first-order valence-corrected chi connectivity index (χ1v) is 3.81. The Hall–Kier alpha value is -2.00. The molecule has 0 spiro atoms. The van der Waals surface area contributed by atoms with Crippen molar-refractivity contribution in [1.29, 1.82) is 10.5 Å². The van der Waals surface area contributed by atoms with Gasteiger partial charge in [-0.2, -0.15) is 10.5 Å². The Kier molecular flexibility index (Phi) is 2.52. The van der Waals surface area contributed by atoms with Gasteiger partial charge in [0, 0.05) is 5.56 Å². The van der Waals surface area contributed by atoms with Crippen LogP contribution in [0.4, 0.5) is 0 Å². The molecule has 0 aliphatic rings. The minimum absolute atomic E-state index is 0.0630. The minimum Gasteiger partial charge on any atom is -0.508 e. The van der Waals surface area contributed by atoms with Gasteiger partial charge < -0.3 is 5.11 Å². The van der Waals surface area contributed by atoms with Crippen LogP contribution in [-0.2, 0) is 0 Å². The molecule has 1 rings (SSSR count). The zero-order valence-electron chi connectivity index (χ0n) is 7.15. The molecule has 0 radical (unpaired) electrons. The Bertz CT molecular complexity index is 398. The molecule has 0 heterocycles. The molecule has 0 bridgehead atoms. The molecular weight excluding hydrogens is 164 g/mol. The van der Waals surface area contributed by atoms with E-state index < -0.39 is 5.92 Å². The molecule has 0 saturated carbocycles. The van der Waals surface area contributed by atoms with Gasteiger partial charge in [-0.25, -0.2) is 0 Å². The molecule has 1 aromatic carbocycles. The van der Waals surface area contributed by atoms with E-state index >= 15 is 0 Å². The summed E-state index contributed by atoms with van der Waals surface area (Å²) in [7, 11) is 0. The number of benzene rings is 1. The third-order valence-corrected chi connectivity index (χ3v) is 1.82. The third kappa shape index (κ3) is 1.77. The highest BCUT2D eigenvalue weighted by molar-refractivity contribution is 5.44. The smallest absolute Gasteiger partial charge is 0.120 e. The molecule has 0 aliphatic heterocycles. The summed E-state index contributed by atoms with van der Waals surface area (Å²) < 4.78 is 0.